The van der Waals surface area contributed by atoms with Crippen molar-refractivity contribution in [1.29, 1.82) is 0 Å². The third-order valence-corrected chi connectivity index (χ3v) is 3.88. The summed E-state index contributed by atoms with van der Waals surface area (Å²) in [5.41, 5.74) is -0.269. The molecule has 20 heavy (non-hydrogen) atoms. The lowest BCUT2D eigenvalue weighted by atomic mass is 9.94. The number of aryl methyl sites for hydroxylation is 1. The lowest BCUT2D eigenvalue weighted by molar-refractivity contribution is -0.123. The average molecular weight is 281 g/mol. The van der Waals surface area contributed by atoms with Crippen LogP contribution in [0.5, 0.6) is 0 Å². The number of hydrogen-bond donors (Lipinski definition) is 1. The van der Waals surface area contributed by atoms with Gasteiger partial charge in [-0.05, 0) is 20.3 Å². The van der Waals surface area contributed by atoms with E-state index in [-0.39, 0.29) is 23.5 Å². The second-order valence-corrected chi connectivity index (χ2v) is 5.93. The highest BCUT2D eigenvalue weighted by Crippen LogP contribution is 2.25. The van der Waals surface area contributed by atoms with Crippen LogP contribution < -0.4 is 5.32 Å². The summed E-state index contributed by atoms with van der Waals surface area (Å²) < 4.78 is 10.6. The molecule has 1 fully saturated rings. The maximum absolute atomic E-state index is 12.0. The van der Waals surface area contributed by atoms with Gasteiger partial charge >= 0.3 is 0 Å². The quantitative estimate of drug-likeness (QED) is 0.890. The van der Waals surface area contributed by atoms with E-state index in [9.17, 15) is 4.79 Å². The maximum Gasteiger partial charge on any atom is 0.227 e. The van der Waals surface area contributed by atoms with E-state index < -0.39 is 0 Å². The number of rotatable bonds is 5. The summed E-state index contributed by atoms with van der Waals surface area (Å²) in [4.78, 5) is 16.3. The number of carbonyl (C=O) groups is 1. The Balaban J connectivity index is 1.83. The van der Waals surface area contributed by atoms with Gasteiger partial charge in [-0.15, -0.1) is 0 Å². The van der Waals surface area contributed by atoms with E-state index in [1.165, 1.54) is 0 Å². The Morgan fingerprint density at radius 2 is 2.30 bits per heavy atom. The third-order valence-electron chi connectivity index (χ3n) is 3.88. The van der Waals surface area contributed by atoms with Crippen molar-refractivity contribution in [3.63, 3.8) is 0 Å². The van der Waals surface area contributed by atoms with Crippen molar-refractivity contribution in [3.8, 4) is 0 Å². The topological polar surface area (TPSA) is 77.2 Å². The molecule has 1 amide bonds. The maximum atomic E-state index is 12.0. The van der Waals surface area contributed by atoms with Crippen LogP contribution in [0.4, 0.5) is 0 Å². The summed E-state index contributed by atoms with van der Waals surface area (Å²) in [6, 6.07) is 0. The van der Waals surface area contributed by atoms with E-state index in [1.54, 1.807) is 0 Å². The van der Waals surface area contributed by atoms with E-state index in [4.69, 9.17) is 9.26 Å². The molecule has 0 bridgehead atoms. The second-order valence-electron chi connectivity index (χ2n) is 5.93. The van der Waals surface area contributed by atoms with Crippen LogP contribution in [0.3, 0.4) is 0 Å². The van der Waals surface area contributed by atoms with E-state index in [0.29, 0.717) is 31.2 Å². The van der Waals surface area contributed by atoms with Gasteiger partial charge in [-0.1, -0.05) is 19.0 Å². The highest BCUT2D eigenvalue weighted by Gasteiger charge is 2.38. The smallest absolute Gasteiger partial charge is 0.227 e. The molecule has 1 aliphatic rings. The van der Waals surface area contributed by atoms with Crippen molar-refractivity contribution in [2.24, 2.45) is 0 Å². The Morgan fingerprint density at radius 1 is 1.55 bits per heavy atom. The molecular weight excluding hydrogens is 258 g/mol. The lowest BCUT2D eigenvalue weighted by Crippen LogP contribution is -2.50. The van der Waals surface area contributed by atoms with Crippen LogP contribution in [-0.4, -0.2) is 34.3 Å². The van der Waals surface area contributed by atoms with Crippen LogP contribution in [-0.2, 0) is 16.0 Å². The molecule has 2 rings (SSSR count). The molecule has 2 atom stereocenters. The van der Waals surface area contributed by atoms with Crippen molar-refractivity contribution in [2.75, 3.05) is 6.61 Å². The standard InChI is InChI=1S/C14H23N3O3/c1-9(2)13-15-12(20-17-13)6-5-11(18)16-14(4)7-8-19-10(14)3/h9-10H,5-8H2,1-4H3,(H,16,18). The van der Waals surface area contributed by atoms with Crippen LogP contribution in [0, 0.1) is 0 Å². The van der Waals surface area contributed by atoms with E-state index in [2.05, 4.69) is 15.5 Å². The van der Waals surface area contributed by atoms with Gasteiger partial charge in [0.1, 0.15) is 0 Å². The zero-order valence-electron chi connectivity index (χ0n) is 12.6. The number of amides is 1. The molecule has 0 aliphatic carbocycles. The normalized spacial score (nSPS) is 26.1. The van der Waals surface area contributed by atoms with Crippen molar-refractivity contribution in [2.45, 2.75) is 64.5 Å². The van der Waals surface area contributed by atoms with Gasteiger partial charge in [0.15, 0.2) is 5.82 Å². The second kappa shape index (κ2) is 5.91. The molecule has 0 spiro atoms. The van der Waals surface area contributed by atoms with Gasteiger partial charge in [0.05, 0.1) is 11.6 Å². The van der Waals surface area contributed by atoms with Crippen molar-refractivity contribution < 1.29 is 14.1 Å². The largest absolute Gasteiger partial charge is 0.376 e. The average Bonchev–Trinajstić information content (AvgIpc) is 2.95. The van der Waals surface area contributed by atoms with E-state index in [1.807, 2.05) is 27.7 Å². The molecule has 1 N–H and O–H groups in total. The zero-order chi connectivity index (χ0) is 14.8. The Kier molecular flexibility index (Phi) is 4.42. The molecule has 2 heterocycles. The number of ether oxygens (including phenoxy) is 1. The third kappa shape index (κ3) is 3.36. The fraction of sp³-hybridized carbons (Fsp3) is 0.786. The Bertz CT molecular complexity index is 472. The number of hydrogen-bond acceptors (Lipinski definition) is 5. The van der Waals surface area contributed by atoms with Gasteiger partial charge in [-0.25, -0.2) is 0 Å². The summed E-state index contributed by atoms with van der Waals surface area (Å²) in [6.45, 7) is 8.71. The van der Waals surface area contributed by atoms with Crippen LogP contribution in [0.1, 0.15) is 58.2 Å². The fourth-order valence-electron chi connectivity index (χ4n) is 2.20. The number of aromatic nitrogens is 2. The highest BCUT2D eigenvalue weighted by atomic mass is 16.5. The Labute approximate surface area is 119 Å². The van der Waals surface area contributed by atoms with Crippen LogP contribution in [0.15, 0.2) is 4.52 Å². The SMILES string of the molecule is CC(C)c1noc(CCC(=O)NC2(C)CCOC2C)n1. The first-order valence-electron chi connectivity index (χ1n) is 7.16. The van der Waals surface area contributed by atoms with Gasteiger partial charge < -0.3 is 14.6 Å². The van der Waals surface area contributed by atoms with Crippen LogP contribution >= 0.6 is 0 Å². The summed E-state index contributed by atoms with van der Waals surface area (Å²) in [7, 11) is 0. The van der Waals surface area contributed by atoms with E-state index in [0.717, 1.165) is 6.42 Å². The minimum Gasteiger partial charge on any atom is -0.376 e. The molecule has 6 heteroatoms. The lowest BCUT2D eigenvalue weighted by Gasteiger charge is -2.28. The van der Waals surface area contributed by atoms with Crippen molar-refractivity contribution in [1.82, 2.24) is 15.5 Å². The van der Waals surface area contributed by atoms with Crippen molar-refractivity contribution in [3.05, 3.63) is 11.7 Å². The van der Waals surface area contributed by atoms with Gasteiger partial charge in [0.2, 0.25) is 11.8 Å². The molecule has 1 aromatic heterocycles. The van der Waals surface area contributed by atoms with Crippen LogP contribution in [0.25, 0.3) is 0 Å². The summed E-state index contributed by atoms with van der Waals surface area (Å²) in [6.07, 6.45) is 1.71. The first-order chi connectivity index (χ1) is 9.40. The summed E-state index contributed by atoms with van der Waals surface area (Å²) in [5.74, 6) is 1.43. The predicted octanol–water partition coefficient (Wildman–Crippen LogP) is 1.81. The predicted molar refractivity (Wildman–Crippen MR) is 73.3 cm³/mol. The molecule has 112 valence electrons. The molecular formula is C14H23N3O3. The zero-order valence-corrected chi connectivity index (χ0v) is 12.6. The molecule has 1 aliphatic heterocycles. The molecule has 1 saturated heterocycles. The number of carbonyl (C=O) groups excluding carboxylic acids is 1. The van der Waals surface area contributed by atoms with E-state index >= 15 is 0 Å². The molecule has 2 unspecified atom stereocenters. The van der Waals surface area contributed by atoms with Gasteiger partial charge in [-0.2, -0.15) is 4.98 Å². The van der Waals surface area contributed by atoms with Gasteiger partial charge in [0, 0.05) is 25.4 Å². The van der Waals surface area contributed by atoms with Crippen LogP contribution in [0.2, 0.25) is 0 Å². The van der Waals surface area contributed by atoms with Crippen molar-refractivity contribution >= 4 is 5.91 Å². The van der Waals surface area contributed by atoms with Gasteiger partial charge in [0.25, 0.3) is 0 Å². The highest BCUT2D eigenvalue weighted by molar-refractivity contribution is 5.77. The molecule has 0 saturated carbocycles. The molecule has 1 aromatic rings. The fourth-order valence-corrected chi connectivity index (χ4v) is 2.20. The summed E-state index contributed by atoms with van der Waals surface area (Å²) in [5, 5.41) is 6.94. The monoisotopic (exact) mass is 281 g/mol. The first kappa shape index (κ1) is 15.0. The molecule has 6 nitrogen and oxygen atoms in total. The minimum absolute atomic E-state index is 0.00542. The number of nitrogens with one attached hydrogen (secondary N) is 1. The minimum atomic E-state index is -0.269. The Hall–Kier alpha value is -1.43. The summed E-state index contributed by atoms with van der Waals surface area (Å²) >= 11 is 0. The Morgan fingerprint density at radius 3 is 2.85 bits per heavy atom. The van der Waals surface area contributed by atoms with Gasteiger partial charge in [-0.3, -0.25) is 4.79 Å². The molecule has 0 aromatic carbocycles. The first-order valence-corrected chi connectivity index (χ1v) is 7.16. The number of nitrogens with zero attached hydrogens (tertiary/aromatic N) is 2. The molecule has 0 radical (unpaired) electrons.